The van der Waals surface area contributed by atoms with E-state index in [9.17, 15) is 9.18 Å². The maximum Gasteiger partial charge on any atom is 0.244 e. The summed E-state index contributed by atoms with van der Waals surface area (Å²) in [6, 6.07) is 7.93. The van der Waals surface area contributed by atoms with Gasteiger partial charge in [0, 0.05) is 38.6 Å². The summed E-state index contributed by atoms with van der Waals surface area (Å²) in [5.74, 6) is 0.356. The minimum absolute atomic E-state index is 0.0369. The minimum atomic E-state index is -0.435. The summed E-state index contributed by atoms with van der Waals surface area (Å²) in [7, 11) is 0. The van der Waals surface area contributed by atoms with Crippen LogP contribution in [0.4, 0.5) is 10.3 Å². The van der Waals surface area contributed by atoms with Crippen molar-refractivity contribution in [2.45, 2.75) is 13.2 Å². The third-order valence-corrected chi connectivity index (χ3v) is 4.56. The van der Waals surface area contributed by atoms with E-state index < -0.39 is 5.82 Å². The SMILES string of the molecule is O=C(Cn1cc(COc2ccccc2F)nn1)N1CCN(c2ncccn2)CC1. The average Bonchev–Trinajstić information content (AvgIpc) is 3.21. The number of aromatic nitrogens is 5. The molecule has 3 aromatic rings. The van der Waals surface area contributed by atoms with E-state index >= 15 is 0 Å². The molecule has 0 spiro atoms. The quantitative estimate of drug-likeness (QED) is 0.616. The van der Waals surface area contributed by atoms with Crippen molar-refractivity contribution in [1.82, 2.24) is 29.9 Å². The number of hydrogen-bond acceptors (Lipinski definition) is 7. The number of nitrogens with zero attached hydrogens (tertiary/aromatic N) is 7. The molecule has 1 aromatic carbocycles. The van der Waals surface area contributed by atoms with Crippen LogP contribution in [0.5, 0.6) is 5.75 Å². The number of piperazine rings is 1. The molecule has 0 saturated carbocycles. The Hall–Kier alpha value is -3.56. The van der Waals surface area contributed by atoms with E-state index in [1.54, 1.807) is 47.8 Å². The van der Waals surface area contributed by atoms with Crippen molar-refractivity contribution in [1.29, 1.82) is 0 Å². The number of amides is 1. The molecule has 3 heterocycles. The van der Waals surface area contributed by atoms with Crippen molar-refractivity contribution in [3.05, 3.63) is 60.4 Å². The van der Waals surface area contributed by atoms with E-state index in [1.165, 1.54) is 10.7 Å². The van der Waals surface area contributed by atoms with Gasteiger partial charge in [-0.25, -0.2) is 19.0 Å². The van der Waals surface area contributed by atoms with E-state index in [0.29, 0.717) is 37.8 Å². The van der Waals surface area contributed by atoms with Gasteiger partial charge in [0.15, 0.2) is 11.6 Å². The van der Waals surface area contributed by atoms with Gasteiger partial charge in [-0.1, -0.05) is 17.3 Å². The van der Waals surface area contributed by atoms with Gasteiger partial charge in [-0.3, -0.25) is 4.79 Å². The van der Waals surface area contributed by atoms with Crippen molar-refractivity contribution < 1.29 is 13.9 Å². The van der Waals surface area contributed by atoms with E-state index in [1.807, 2.05) is 0 Å². The lowest BCUT2D eigenvalue weighted by molar-refractivity contribution is -0.132. The molecule has 9 nitrogen and oxygen atoms in total. The zero-order chi connectivity index (χ0) is 20.1. The number of anilines is 1. The van der Waals surface area contributed by atoms with Crippen molar-refractivity contribution >= 4 is 11.9 Å². The Labute approximate surface area is 166 Å². The van der Waals surface area contributed by atoms with Gasteiger partial charge < -0.3 is 14.5 Å². The number of hydrogen-bond donors (Lipinski definition) is 0. The predicted molar refractivity (Wildman–Crippen MR) is 102 cm³/mol. The van der Waals surface area contributed by atoms with Gasteiger partial charge in [-0.05, 0) is 18.2 Å². The first-order chi connectivity index (χ1) is 14.2. The number of carbonyl (C=O) groups is 1. The van der Waals surface area contributed by atoms with Gasteiger partial charge in [0.1, 0.15) is 18.8 Å². The fourth-order valence-electron chi connectivity index (χ4n) is 3.04. The number of para-hydroxylation sites is 1. The summed E-state index contributed by atoms with van der Waals surface area (Å²) in [5, 5.41) is 7.94. The predicted octanol–water partition coefficient (Wildman–Crippen LogP) is 1.14. The molecule has 10 heteroatoms. The smallest absolute Gasteiger partial charge is 0.244 e. The van der Waals surface area contributed by atoms with Crippen molar-refractivity contribution in [3.8, 4) is 5.75 Å². The van der Waals surface area contributed by atoms with Crippen molar-refractivity contribution in [2.75, 3.05) is 31.1 Å². The van der Waals surface area contributed by atoms with Crippen LogP contribution in [0.3, 0.4) is 0 Å². The standard InChI is InChI=1S/C19H20FN7O2/c20-16-4-1-2-5-17(16)29-14-15-12-27(24-23-15)13-18(28)25-8-10-26(11-9-25)19-21-6-3-7-22-19/h1-7,12H,8-11,13-14H2. The second-order valence-electron chi connectivity index (χ2n) is 6.54. The Morgan fingerprint density at radius 1 is 1.07 bits per heavy atom. The largest absolute Gasteiger partial charge is 0.484 e. The van der Waals surface area contributed by atoms with Crippen molar-refractivity contribution in [2.24, 2.45) is 0 Å². The van der Waals surface area contributed by atoms with Gasteiger partial charge in [-0.15, -0.1) is 5.10 Å². The topological polar surface area (TPSA) is 89.3 Å². The highest BCUT2D eigenvalue weighted by Crippen LogP contribution is 2.16. The molecular weight excluding hydrogens is 377 g/mol. The zero-order valence-corrected chi connectivity index (χ0v) is 15.7. The van der Waals surface area contributed by atoms with Crippen LogP contribution in [0.1, 0.15) is 5.69 Å². The number of halogens is 1. The normalized spacial score (nSPS) is 14.1. The highest BCUT2D eigenvalue weighted by atomic mass is 19.1. The fraction of sp³-hybridized carbons (Fsp3) is 0.316. The highest BCUT2D eigenvalue weighted by molar-refractivity contribution is 5.76. The van der Waals surface area contributed by atoms with E-state index in [2.05, 4.69) is 25.2 Å². The molecular formula is C19H20FN7O2. The molecule has 0 unspecified atom stereocenters. The Bertz CT molecular complexity index is 958. The first kappa shape index (κ1) is 18.8. The molecule has 2 aromatic heterocycles. The number of rotatable bonds is 6. The van der Waals surface area contributed by atoms with Crippen LogP contribution in [0.15, 0.2) is 48.9 Å². The third-order valence-electron chi connectivity index (χ3n) is 4.56. The van der Waals surface area contributed by atoms with Gasteiger partial charge in [0.25, 0.3) is 0 Å². The van der Waals surface area contributed by atoms with Gasteiger partial charge in [-0.2, -0.15) is 0 Å². The van der Waals surface area contributed by atoms with Crippen LogP contribution in [0.25, 0.3) is 0 Å². The van der Waals surface area contributed by atoms with Crippen molar-refractivity contribution in [3.63, 3.8) is 0 Å². The molecule has 0 atom stereocenters. The maximum absolute atomic E-state index is 13.6. The Morgan fingerprint density at radius 3 is 2.59 bits per heavy atom. The molecule has 0 radical (unpaired) electrons. The fourth-order valence-corrected chi connectivity index (χ4v) is 3.04. The van der Waals surface area contributed by atoms with E-state index in [4.69, 9.17) is 4.74 Å². The first-order valence-electron chi connectivity index (χ1n) is 9.25. The molecule has 4 rings (SSSR count). The average molecular weight is 397 g/mol. The summed E-state index contributed by atoms with van der Waals surface area (Å²) in [6.07, 6.45) is 5.04. The lowest BCUT2D eigenvalue weighted by Gasteiger charge is -2.34. The van der Waals surface area contributed by atoms with Gasteiger partial charge in [0.05, 0.1) is 6.20 Å². The van der Waals surface area contributed by atoms with Gasteiger partial charge >= 0.3 is 0 Å². The summed E-state index contributed by atoms with van der Waals surface area (Å²) in [5.41, 5.74) is 0.520. The first-order valence-corrected chi connectivity index (χ1v) is 9.25. The maximum atomic E-state index is 13.6. The third kappa shape index (κ3) is 4.65. The summed E-state index contributed by atoms with van der Waals surface area (Å²) in [6.45, 7) is 2.70. The van der Waals surface area contributed by atoms with Crippen LogP contribution < -0.4 is 9.64 Å². The number of benzene rings is 1. The van der Waals surface area contributed by atoms with Gasteiger partial charge in [0.2, 0.25) is 11.9 Å². The summed E-state index contributed by atoms with van der Waals surface area (Å²) >= 11 is 0. The second-order valence-corrected chi connectivity index (χ2v) is 6.54. The van der Waals surface area contributed by atoms with Crippen LogP contribution >= 0.6 is 0 Å². The molecule has 1 amide bonds. The molecule has 0 bridgehead atoms. The summed E-state index contributed by atoms with van der Waals surface area (Å²) in [4.78, 5) is 24.9. The molecule has 1 aliphatic heterocycles. The Morgan fingerprint density at radius 2 is 1.83 bits per heavy atom. The number of carbonyl (C=O) groups excluding carboxylic acids is 1. The molecule has 150 valence electrons. The Kier molecular flexibility index (Phi) is 5.59. The molecule has 29 heavy (non-hydrogen) atoms. The molecule has 0 aliphatic carbocycles. The zero-order valence-electron chi connectivity index (χ0n) is 15.7. The van der Waals surface area contributed by atoms with Crippen LogP contribution in [0.2, 0.25) is 0 Å². The lowest BCUT2D eigenvalue weighted by atomic mass is 10.3. The highest BCUT2D eigenvalue weighted by Gasteiger charge is 2.22. The number of ether oxygens (including phenoxy) is 1. The Balaban J connectivity index is 1.27. The van der Waals surface area contributed by atoms with Crippen LogP contribution in [0, 0.1) is 5.82 Å². The molecule has 1 fully saturated rings. The van der Waals surface area contributed by atoms with Crippen LogP contribution in [-0.4, -0.2) is 61.9 Å². The summed E-state index contributed by atoms with van der Waals surface area (Å²) < 4.78 is 20.5. The van der Waals surface area contributed by atoms with E-state index in [-0.39, 0.29) is 24.8 Å². The molecule has 1 aliphatic rings. The van der Waals surface area contributed by atoms with E-state index in [0.717, 1.165) is 0 Å². The monoisotopic (exact) mass is 397 g/mol. The second kappa shape index (κ2) is 8.63. The van der Waals surface area contributed by atoms with Crippen LogP contribution in [-0.2, 0) is 17.9 Å². The molecule has 1 saturated heterocycles. The minimum Gasteiger partial charge on any atom is -0.484 e. The molecule has 0 N–H and O–H groups in total. The lowest BCUT2D eigenvalue weighted by Crippen LogP contribution is -2.50.